The minimum atomic E-state index is -1.59. The first kappa shape index (κ1) is 39.4. The Balaban J connectivity index is 1.75. The van der Waals surface area contributed by atoms with Crippen LogP contribution in [0, 0.1) is 24.2 Å². The highest BCUT2D eigenvalue weighted by Crippen LogP contribution is 2.49. The highest BCUT2D eigenvalue weighted by Gasteiger charge is 2.64. The molecule has 3 aliphatic heterocycles. The quantitative estimate of drug-likeness (QED) is 0.285. The Labute approximate surface area is 301 Å². The number of halogens is 1. The van der Waals surface area contributed by atoms with E-state index in [1.54, 1.807) is 27.9 Å². The molecule has 3 aliphatic rings. The van der Waals surface area contributed by atoms with Crippen LogP contribution in [0.5, 0.6) is 0 Å². The van der Waals surface area contributed by atoms with E-state index in [0.717, 1.165) is 16.7 Å². The number of nitrogens with one attached hydrogen (secondary N) is 1. The highest BCUT2D eigenvalue weighted by molar-refractivity contribution is 6.34. The van der Waals surface area contributed by atoms with Crippen molar-refractivity contribution in [3.8, 4) is 0 Å². The van der Waals surface area contributed by atoms with Gasteiger partial charge in [0.05, 0.1) is 23.2 Å². The van der Waals surface area contributed by atoms with Crippen molar-refractivity contribution >= 4 is 41.2 Å². The van der Waals surface area contributed by atoms with Crippen LogP contribution in [0.4, 0.5) is 10.5 Å². The summed E-state index contributed by atoms with van der Waals surface area (Å²) >= 11 is 6.77. The van der Waals surface area contributed by atoms with E-state index in [1.807, 2.05) is 78.8 Å². The third-order valence-electron chi connectivity index (χ3n) is 11.1. The molecule has 1 aromatic carbocycles. The maximum atomic E-state index is 14.1. The summed E-state index contributed by atoms with van der Waals surface area (Å²) in [6, 6.07) is 2.91. The van der Waals surface area contributed by atoms with E-state index in [2.05, 4.69) is 5.32 Å². The molecule has 2 N–H and O–H groups in total. The van der Waals surface area contributed by atoms with Gasteiger partial charge in [0.2, 0.25) is 11.8 Å². The molecule has 2 saturated heterocycles. The number of fused-ring (bicyclic) bond motifs is 5. The van der Waals surface area contributed by atoms with Crippen LogP contribution in [0.1, 0.15) is 85.8 Å². The molecule has 11 nitrogen and oxygen atoms in total. The lowest BCUT2D eigenvalue weighted by Gasteiger charge is -2.41. The van der Waals surface area contributed by atoms with Gasteiger partial charge in [-0.2, -0.15) is 0 Å². The van der Waals surface area contributed by atoms with E-state index in [9.17, 15) is 24.3 Å². The summed E-state index contributed by atoms with van der Waals surface area (Å²) in [5.74, 6) is -2.17. The molecule has 276 valence electrons. The molecule has 50 heavy (non-hydrogen) atoms. The number of carbonyl (C=O) groups excluding carboxylic acids is 4. The number of rotatable bonds is 5. The number of amides is 3. The molecule has 0 aromatic heterocycles. The number of alkyl carbamates (subject to hydrolysis) is 1. The Hall–Kier alpha value is -3.41. The normalized spacial score (nSPS) is 32.8. The van der Waals surface area contributed by atoms with Gasteiger partial charge in [0, 0.05) is 37.8 Å². The molecule has 0 spiro atoms. The number of nitrogens with zero attached hydrogens (tertiary/aromatic N) is 2. The number of hydrogen-bond acceptors (Lipinski definition) is 8. The molecular formula is C38H54ClN3O8. The lowest BCUT2D eigenvalue weighted by molar-refractivity contribution is -0.163. The summed E-state index contributed by atoms with van der Waals surface area (Å²) in [6.45, 7) is 16.4. The van der Waals surface area contributed by atoms with E-state index in [-0.39, 0.29) is 24.7 Å². The van der Waals surface area contributed by atoms with Gasteiger partial charge in [-0.25, -0.2) is 9.59 Å². The van der Waals surface area contributed by atoms with Gasteiger partial charge in [-0.05, 0) is 57.7 Å². The summed E-state index contributed by atoms with van der Waals surface area (Å²) in [5.41, 5.74) is -0.131. The highest BCUT2D eigenvalue weighted by atomic mass is 35.5. The molecule has 0 aliphatic carbocycles. The molecule has 4 rings (SSSR count). The van der Waals surface area contributed by atoms with Crippen molar-refractivity contribution in [2.45, 2.75) is 124 Å². The number of anilines is 1. The standard InChI is InChI=1S/C38H54ClN3O8/c1-12-36(7,8)34(45)41(10)25(6)33(44)49-29-19-30(43)42(11)27-18-26(17-22(3)31(27)39)16-21(2)14-13-15-23(4)38(47)20-28(48-35(46)40-38)24(5)32-37(29,9)50-32/h13-15,17-18,23-25,28-29,32,47H,12,16,19-20H2,1-11H3,(H,40,46)/b15-13+,21-14+/t23-,24-,25+,28?,29+,32+,37+,38+/m1/s1. The van der Waals surface area contributed by atoms with Gasteiger partial charge < -0.3 is 29.1 Å². The first-order valence-corrected chi connectivity index (χ1v) is 17.8. The van der Waals surface area contributed by atoms with Crippen LogP contribution in [-0.4, -0.2) is 83.7 Å². The number of hydrogen-bond donors (Lipinski definition) is 2. The van der Waals surface area contributed by atoms with E-state index in [0.29, 0.717) is 23.6 Å². The minimum absolute atomic E-state index is 0.0803. The predicted molar refractivity (Wildman–Crippen MR) is 192 cm³/mol. The fourth-order valence-electron chi connectivity index (χ4n) is 6.75. The van der Waals surface area contributed by atoms with Gasteiger partial charge in [0.15, 0.2) is 0 Å². The average molecular weight is 716 g/mol. The van der Waals surface area contributed by atoms with Crippen molar-refractivity contribution in [1.29, 1.82) is 0 Å². The summed E-state index contributed by atoms with van der Waals surface area (Å²) < 4.78 is 18.1. The third-order valence-corrected chi connectivity index (χ3v) is 11.5. The molecule has 4 bridgehead atoms. The van der Waals surface area contributed by atoms with Gasteiger partial charge in [-0.3, -0.25) is 14.9 Å². The third kappa shape index (κ3) is 8.05. The molecule has 0 saturated carbocycles. The number of aliphatic hydroxyl groups is 1. The number of allylic oxidation sites excluding steroid dienone is 3. The number of esters is 1. The minimum Gasteiger partial charge on any atom is -0.457 e. The average Bonchev–Trinajstić information content (AvgIpc) is 3.75. The zero-order chi connectivity index (χ0) is 37.5. The number of benzene rings is 1. The Morgan fingerprint density at radius 2 is 1.90 bits per heavy atom. The van der Waals surface area contributed by atoms with Crippen LogP contribution in [-0.2, 0) is 35.0 Å². The number of ether oxygens (including phenoxy) is 3. The Kier molecular flexibility index (Phi) is 11.6. The SMILES string of the molecule is CCC(C)(C)C(=O)N(C)[C@@H](C)C(=O)O[C@H]1CC(=O)N(C)c2cc(cc(C)c2Cl)C/C(C)=C/C=C/[C@@H](C)[C@@]2(O)CC(OC(=O)N2)[C@@H](C)[C@@H]2O[C@@]12C. The second-order valence-electron chi connectivity index (χ2n) is 15.3. The zero-order valence-electron chi connectivity index (χ0n) is 31.3. The largest absolute Gasteiger partial charge is 0.457 e. The number of carbonyl (C=O) groups is 4. The molecule has 0 radical (unpaired) electrons. The lowest BCUT2D eigenvalue weighted by atomic mass is 9.82. The van der Waals surface area contributed by atoms with Crippen LogP contribution >= 0.6 is 11.6 Å². The second kappa shape index (κ2) is 14.7. The van der Waals surface area contributed by atoms with Crippen LogP contribution < -0.4 is 10.2 Å². The topological polar surface area (TPSA) is 138 Å². The number of likely N-dealkylation sites (N-methyl/N-ethyl adjacent to an activating group) is 1. The Morgan fingerprint density at radius 1 is 1.24 bits per heavy atom. The monoisotopic (exact) mass is 715 g/mol. The fraction of sp³-hybridized carbons (Fsp3) is 0.632. The molecule has 1 aromatic rings. The lowest BCUT2D eigenvalue weighted by Crippen LogP contribution is -2.60. The van der Waals surface area contributed by atoms with Crippen molar-refractivity contribution in [2.24, 2.45) is 17.3 Å². The molecule has 1 unspecified atom stereocenters. The number of epoxide rings is 1. The molecule has 12 heteroatoms. The van der Waals surface area contributed by atoms with Crippen LogP contribution in [0.2, 0.25) is 5.02 Å². The maximum absolute atomic E-state index is 14.1. The van der Waals surface area contributed by atoms with E-state index < -0.39 is 65.0 Å². The van der Waals surface area contributed by atoms with Gasteiger partial charge in [-0.1, -0.05) is 76.1 Å². The van der Waals surface area contributed by atoms with E-state index >= 15 is 0 Å². The summed E-state index contributed by atoms with van der Waals surface area (Å²) in [4.78, 5) is 56.6. The fourth-order valence-corrected chi connectivity index (χ4v) is 6.98. The predicted octanol–water partition coefficient (Wildman–Crippen LogP) is 5.87. The van der Waals surface area contributed by atoms with Crippen molar-refractivity contribution in [3.05, 3.63) is 52.1 Å². The van der Waals surface area contributed by atoms with Gasteiger partial charge in [0.1, 0.15) is 29.6 Å². The first-order valence-electron chi connectivity index (χ1n) is 17.4. The van der Waals surface area contributed by atoms with Crippen molar-refractivity contribution < 1.29 is 38.5 Å². The first-order chi connectivity index (χ1) is 23.1. The molecule has 3 heterocycles. The van der Waals surface area contributed by atoms with Crippen LogP contribution in [0.25, 0.3) is 0 Å². The molecule has 3 amide bonds. The van der Waals surface area contributed by atoms with Gasteiger partial charge >= 0.3 is 12.1 Å². The van der Waals surface area contributed by atoms with Crippen molar-refractivity contribution in [1.82, 2.24) is 10.2 Å². The summed E-state index contributed by atoms with van der Waals surface area (Å²) in [7, 11) is 3.20. The van der Waals surface area contributed by atoms with E-state index in [4.69, 9.17) is 25.8 Å². The van der Waals surface area contributed by atoms with E-state index in [1.165, 1.54) is 9.80 Å². The molecule has 8 atom stereocenters. The van der Waals surface area contributed by atoms with Crippen LogP contribution in [0.3, 0.4) is 0 Å². The van der Waals surface area contributed by atoms with Crippen molar-refractivity contribution in [2.75, 3.05) is 19.0 Å². The smallest absolute Gasteiger partial charge is 0.409 e. The maximum Gasteiger partial charge on any atom is 0.409 e. The molecular weight excluding hydrogens is 662 g/mol. The van der Waals surface area contributed by atoms with Gasteiger partial charge in [-0.15, -0.1) is 0 Å². The Bertz CT molecular complexity index is 1570. The zero-order valence-corrected chi connectivity index (χ0v) is 32.0. The van der Waals surface area contributed by atoms with Crippen molar-refractivity contribution in [3.63, 3.8) is 0 Å². The van der Waals surface area contributed by atoms with Crippen LogP contribution in [0.15, 0.2) is 35.9 Å². The number of aryl methyl sites for hydroxylation is 1. The second-order valence-corrected chi connectivity index (χ2v) is 15.7. The molecule has 2 fully saturated rings. The Morgan fingerprint density at radius 3 is 2.54 bits per heavy atom. The summed E-state index contributed by atoms with van der Waals surface area (Å²) in [5, 5.41) is 14.7. The summed E-state index contributed by atoms with van der Waals surface area (Å²) in [6.07, 6.45) is 3.48. The van der Waals surface area contributed by atoms with Gasteiger partial charge in [0.25, 0.3) is 0 Å².